The van der Waals surface area contributed by atoms with E-state index in [1.54, 1.807) is 25.3 Å². The maximum Gasteiger partial charge on any atom is 0.307 e. The van der Waals surface area contributed by atoms with E-state index in [1.165, 1.54) is 0 Å². The number of rotatable bonds is 6. The molecular formula is C11H15N3O2S. The van der Waals surface area contributed by atoms with E-state index >= 15 is 0 Å². The third-order valence-corrected chi connectivity index (χ3v) is 2.22. The number of hydrogen-bond donors (Lipinski definition) is 2. The lowest BCUT2D eigenvalue weighted by Gasteiger charge is -2.05. The van der Waals surface area contributed by atoms with Crippen molar-refractivity contribution in [2.45, 2.75) is 13.3 Å². The zero-order chi connectivity index (χ0) is 12.7. The van der Waals surface area contributed by atoms with Gasteiger partial charge in [-0.3, -0.25) is 4.79 Å². The number of nitrogens with two attached hydrogens (primary N) is 1. The molecule has 0 aliphatic carbocycles. The highest BCUT2D eigenvalue weighted by molar-refractivity contribution is 7.80. The van der Waals surface area contributed by atoms with E-state index in [0.717, 1.165) is 5.56 Å². The van der Waals surface area contributed by atoms with Crippen molar-refractivity contribution in [3.05, 3.63) is 23.9 Å². The molecule has 0 fully saturated rings. The Kier molecular flexibility index (Phi) is 5.35. The molecule has 0 aliphatic heterocycles. The summed E-state index contributed by atoms with van der Waals surface area (Å²) in [7, 11) is 0. The number of aromatic nitrogens is 1. The normalized spacial score (nSPS) is 9.71. The summed E-state index contributed by atoms with van der Waals surface area (Å²) in [6, 6.07) is 3.54. The number of ether oxygens (including phenoxy) is 1. The molecule has 0 amide bonds. The molecule has 0 atom stereocenters. The number of hydrogen-bond acceptors (Lipinski definition) is 5. The van der Waals surface area contributed by atoms with Gasteiger partial charge in [-0.2, -0.15) is 0 Å². The average Bonchev–Trinajstić information content (AvgIpc) is 2.30. The lowest BCUT2D eigenvalue weighted by Crippen LogP contribution is -2.13. The molecule has 0 unspecified atom stereocenters. The number of thiocarbonyl (C=S) groups is 1. The van der Waals surface area contributed by atoms with Crippen LogP contribution in [0.2, 0.25) is 0 Å². The van der Waals surface area contributed by atoms with Crippen LogP contribution in [-0.4, -0.2) is 29.1 Å². The van der Waals surface area contributed by atoms with Crippen LogP contribution in [0.3, 0.4) is 0 Å². The van der Waals surface area contributed by atoms with Gasteiger partial charge in [0, 0.05) is 18.3 Å². The van der Waals surface area contributed by atoms with Gasteiger partial charge in [-0.05, 0) is 19.1 Å². The van der Waals surface area contributed by atoms with Crippen molar-refractivity contribution in [1.29, 1.82) is 0 Å². The fraction of sp³-hybridized carbons (Fsp3) is 0.364. The summed E-state index contributed by atoms with van der Waals surface area (Å²) < 4.78 is 4.80. The van der Waals surface area contributed by atoms with Gasteiger partial charge in [0.2, 0.25) is 0 Å². The summed E-state index contributed by atoms with van der Waals surface area (Å²) in [5.74, 6) is 0.453. The first-order chi connectivity index (χ1) is 8.13. The number of anilines is 1. The maximum atomic E-state index is 11.1. The van der Waals surface area contributed by atoms with Crippen LogP contribution in [0.25, 0.3) is 0 Å². The van der Waals surface area contributed by atoms with E-state index in [-0.39, 0.29) is 5.97 Å². The monoisotopic (exact) mass is 253 g/mol. The van der Waals surface area contributed by atoms with Crippen LogP contribution in [0.4, 0.5) is 5.82 Å². The van der Waals surface area contributed by atoms with E-state index in [4.69, 9.17) is 22.7 Å². The average molecular weight is 253 g/mol. The molecule has 17 heavy (non-hydrogen) atoms. The molecule has 1 rings (SSSR count). The van der Waals surface area contributed by atoms with Gasteiger partial charge in [-0.1, -0.05) is 12.2 Å². The number of esters is 1. The van der Waals surface area contributed by atoms with Crippen LogP contribution >= 0.6 is 12.2 Å². The highest BCUT2D eigenvalue weighted by Crippen LogP contribution is 2.04. The topological polar surface area (TPSA) is 77.2 Å². The van der Waals surface area contributed by atoms with Gasteiger partial charge in [0.15, 0.2) is 0 Å². The number of nitrogens with zero attached hydrogens (tertiary/aromatic N) is 1. The van der Waals surface area contributed by atoms with Crippen molar-refractivity contribution in [2.75, 3.05) is 18.5 Å². The van der Waals surface area contributed by atoms with Crippen LogP contribution in [0.15, 0.2) is 18.3 Å². The zero-order valence-corrected chi connectivity index (χ0v) is 10.4. The Morgan fingerprint density at radius 1 is 1.59 bits per heavy atom. The Morgan fingerprint density at radius 2 is 2.35 bits per heavy atom. The van der Waals surface area contributed by atoms with Gasteiger partial charge in [-0.25, -0.2) is 4.98 Å². The molecule has 92 valence electrons. The number of nitrogens with one attached hydrogen (secondary N) is 1. The van der Waals surface area contributed by atoms with E-state index in [0.29, 0.717) is 30.4 Å². The molecule has 5 nitrogen and oxygen atoms in total. The SMILES string of the molecule is CCOC(=O)CCNc1ccc(C(N)=S)cn1. The fourth-order valence-electron chi connectivity index (χ4n) is 1.17. The van der Waals surface area contributed by atoms with Gasteiger partial charge in [-0.15, -0.1) is 0 Å². The molecule has 0 aromatic carbocycles. The van der Waals surface area contributed by atoms with Crippen molar-refractivity contribution < 1.29 is 9.53 Å². The molecule has 1 aromatic heterocycles. The summed E-state index contributed by atoms with van der Waals surface area (Å²) in [5.41, 5.74) is 6.17. The van der Waals surface area contributed by atoms with Crippen molar-refractivity contribution in [3.8, 4) is 0 Å². The standard InChI is InChI=1S/C11H15N3O2S/c1-2-16-10(15)5-6-13-9-4-3-8(7-14-9)11(12)17/h3-4,7H,2,5-6H2,1H3,(H2,12,17)(H,13,14). The molecule has 1 aromatic rings. The summed E-state index contributed by atoms with van der Waals surface area (Å²) in [6.07, 6.45) is 1.90. The Morgan fingerprint density at radius 3 is 2.88 bits per heavy atom. The number of pyridine rings is 1. The summed E-state index contributed by atoms with van der Waals surface area (Å²) >= 11 is 4.81. The van der Waals surface area contributed by atoms with Crippen LogP contribution < -0.4 is 11.1 Å². The summed E-state index contributed by atoms with van der Waals surface area (Å²) in [5, 5.41) is 3.00. The number of carbonyl (C=O) groups excluding carboxylic acids is 1. The second-order valence-electron chi connectivity index (χ2n) is 3.28. The molecular weight excluding hydrogens is 238 g/mol. The predicted molar refractivity (Wildman–Crippen MR) is 69.9 cm³/mol. The number of carbonyl (C=O) groups is 1. The van der Waals surface area contributed by atoms with Gasteiger partial charge >= 0.3 is 5.97 Å². The second kappa shape index (κ2) is 6.80. The predicted octanol–water partition coefficient (Wildman–Crippen LogP) is 1.08. The molecule has 0 saturated heterocycles. The Labute approximate surface area is 105 Å². The van der Waals surface area contributed by atoms with Gasteiger partial charge in [0.05, 0.1) is 13.0 Å². The molecule has 0 radical (unpaired) electrons. The highest BCUT2D eigenvalue weighted by atomic mass is 32.1. The quantitative estimate of drug-likeness (QED) is 0.583. The first-order valence-electron chi connectivity index (χ1n) is 5.29. The lowest BCUT2D eigenvalue weighted by atomic mass is 10.3. The van der Waals surface area contributed by atoms with E-state index < -0.39 is 0 Å². The molecule has 3 N–H and O–H groups in total. The third-order valence-electron chi connectivity index (χ3n) is 1.99. The van der Waals surface area contributed by atoms with Crippen LogP contribution in [0, 0.1) is 0 Å². The minimum Gasteiger partial charge on any atom is -0.466 e. The summed E-state index contributed by atoms with van der Waals surface area (Å²) in [6.45, 7) is 2.67. The molecule has 1 heterocycles. The van der Waals surface area contributed by atoms with Crippen LogP contribution in [0.1, 0.15) is 18.9 Å². The maximum absolute atomic E-state index is 11.1. The van der Waals surface area contributed by atoms with Crippen molar-refractivity contribution >= 4 is 29.0 Å². The Hall–Kier alpha value is -1.69. The molecule has 0 spiro atoms. The smallest absolute Gasteiger partial charge is 0.307 e. The van der Waals surface area contributed by atoms with Crippen molar-refractivity contribution in [2.24, 2.45) is 5.73 Å². The first kappa shape index (κ1) is 13.4. The highest BCUT2D eigenvalue weighted by Gasteiger charge is 2.02. The zero-order valence-electron chi connectivity index (χ0n) is 9.60. The van der Waals surface area contributed by atoms with Crippen LogP contribution in [-0.2, 0) is 9.53 Å². The molecule has 0 saturated carbocycles. The van der Waals surface area contributed by atoms with Gasteiger partial charge in [0.25, 0.3) is 0 Å². The van der Waals surface area contributed by atoms with Gasteiger partial charge < -0.3 is 15.8 Å². The van der Waals surface area contributed by atoms with Gasteiger partial charge in [0.1, 0.15) is 10.8 Å². The van der Waals surface area contributed by atoms with E-state index in [9.17, 15) is 4.79 Å². The minimum atomic E-state index is -0.222. The second-order valence-corrected chi connectivity index (χ2v) is 3.72. The third kappa shape index (κ3) is 4.78. The fourth-order valence-corrected chi connectivity index (χ4v) is 1.29. The van der Waals surface area contributed by atoms with Crippen molar-refractivity contribution in [3.63, 3.8) is 0 Å². The Balaban J connectivity index is 2.37. The van der Waals surface area contributed by atoms with Crippen LogP contribution in [0.5, 0.6) is 0 Å². The molecule has 0 bridgehead atoms. The lowest BCUT2D eigenvalue weighted by molar-refractivity contribution is -0.142. The van der Waals surface area contributed by atoms with Crippen molar-refractivity contribution in [1.82, 2.24) is 4.98 Å². The molecule has 0 aliphatic rings. The largest absolute Gasteiger partial charge is 0.466 e. The van der Waals surface area contributed by atoms with E-state index in [1.807, 2.05) is 0 Å². The first-order valence-corrected chi connectivity index (χ1v) is 5.69. The Bertz CT molecular complexity index is 392. The van der Waals surface area contributed by atoms with E-state index in [2.05, 4.69) is 10.3 Å². The minimum absolute atomic E-state index is 0.222. The molecule has 6 heteroatoms. The summed E-state index contributed by atoms with van der Waals surface area (Å²) in [4.78, 5) is 15.5.